The van der Waals surface area contributed by atoms with Gasteiger partial charge in [-0.3, -0.25) is 0 Å². The molecule has 3 amide bonds. The average Bonchev–Trinajstić information content (AvgIpc) is 3.45. The van der Waals surface area contributed by atoms with Gasteiger partial charge in [-0.05, 0) is 42.7 Å². The molecule has 168 valence electrons. The highest BCUT2D eigenvalue weighted by Gasteiger charge is 2.28. The van der Waals surface area contributed by atoms with Crippen molar-refractivity contribution >= 4 is 23.2 Å². The second-order valence-electron chi connectivity index (χ2n) is 7.76. The molecule has 1 aliphatic rings. The van der Waals surface area contributed by atoms with Crippen LogP contribution >= 0.6 is 0 Å². The first-order valence-corrected chi connectivity index (χ1v) is 10.5. The Balaban J connectivity index is 1.48. The van der Waals surface area contributed by atoms with Gasteiger partial charge in [-0.25, -0.2) is 14.6 Å². The minimum absolute atomic E-state index is 0.133. The second kappa shape index (κ2) is 9.59. The first-order chi connectivity index (χ1) is 15.6. The van der Waals surface area contributed by atoms with E-state index in [1.54, 1.807) is 12.0 Å². The van der Waals surface area contributed by atoms with Crippen LogP contribution in [0.1, 0.15) is 23.9 Å². The van der Waals surface area contributed by atoms with Crippen LogP contribution in [0.5, 0.6) is 5.75 Å². The molecule has 3 N–H and O–H groups in total. The Morgan fingerprint density at radius 1 is 1.19 bits per heavy atom. The average molecular weight is 438 g/mol. The van der Waals surface area contributed by atoms with E-state index >= 15 is 0 Å². The summed E-state index contributed by atoms with van der Waals surface area (Å²) in [5.74, 6) is 1.45. The molecule has 9 heteroatoms. The molecule has 3 aromatic rings. The number of rotatable bonds is 6. The number of para-hydroxylation sites is 2. The maximum atomic E-state index is 12.8. The van der Waals surface area contributed by atoms with Crippen LogP contribution in [0.25, 0.3) is 11.0 Å². The third-order valence-corrected chi connectivity index (χ3v) is 5.60. The van der Waals surface area contributed by atoms with E-state index in [0.717, 1.165) is 22.3 Å². The van der Waals surface area contributed by atoms with E-state index < -0.39 is 0 Å². The Labute approximate surface area is 186 Å². The number of aromatic amines is 1. The van der Waals surface area contributed by atoms with Gasteiger partial charge in [0.15, 0.2) is 0 Å². The molecule has 2 aromatic carbocycles. The number of imidazole rings is 1. The lowest BCUT2D eigenvalue weighted by molar-refractivity contribution is 0.132. The SMILES string of the molecule is COC(=O)N1CCC(NC(=O)N[C@H](Cc2ccc(OC)cc2)c2nc3ccccc3[nH]2)C1. The van der Waals surface area contributed by atoms with Crippen molar-refractivity contribution in [2.45, 2.75) is 24.9 Å². The lowest BCUT2D eigenvalue weighted by Gasteiger charge is -2.20. The third kappa shape index (κ3) is 4.93. The Morgan fingerprint density at radius 2 is 1.97 bits per heavy atom. The van der Waals surface area contributed by atoms with Crippen molar-refractivity contribution in [2.75, 3.05) is 27.3 Å². The summed E-state index contributed by atoms with van der Waals surface area (Å²) in [6.45, 7) is 0.977. The molecular weight excluding hydrogens is 410 g/mol. The highest BCUT2D eigenvalue weighted by molar-refractivity contribution is 5.77. The van der Waals surface area contributed by atoms with E-state index in [1.807, 2.05) is 48.5 Å². The molecule has 1 aliphatic heterocycles. The van der Waals surface area contributed by atoms with Crippen molar-refractivity contribution in [3.8, 4) is 5.75 Å². The number of hydrogen-bond donors (Lipinski definition) is 3. The van der Waals surface area contributed by atoms with Gasteiger partial charge < -0.3 is 30.0 Å². The molecule has 1 saturated heterocycles. The zero-order valence-electron chi connectivity index (χ0n) is 18.1. The number of nitrogens with zero attached hydrogens (tertiary/aromatic N) is 2. The van der Waals surface area contributed by atoms with Gasteiger partial charge in [0.1, 0.15) is 11.6 Å². The van der Waals surface area contributed by atoms with E-state index in [-0.39, 0.29) is 24.2 Å². The molecule has 32 heavy (non-hydrogen) atoms. The number of amides is 3. The minimum atomic E-state index is -0.380. The molecule has 0 saturated carbocycles. The summed E-state index contributed by atoms with van der Waals surface area (Å²) in [7, 11) is 2.98. The van der Waals surface area contributed by atoms with Crippen LogP contribution in [0, 0.1) is 0 Å². The Hall–Kier alpha value is -3.75. The van der Waals surface area contributed by atoms with Gasteiger partial charge in [0.05, 0.1) is 31.3 Å². The number of urea groups is 1. The number of likely N-dealkylation sites (tertiary alicyclic amines) is 1. The summed E-state index contributed by atoms with van der Waals surface area (Å²) in [5.41, 5.74) is 2.79. The first kappa shape index (κ1) is 21.5. The Bertz CT molecular complexity index is 1050. The van der Waals surface area contributed by atoms with Gasteiger partial charge >= 0.3 is 12.1 Å². The first-order valence-electron chi connectivity index (χ1n) is 10.5. The molecule has 0 spiro atoms. The summed E-state index contributed by atoms with van der Waals surface area (Å²) >= 11 is 0. The van der Waals surface area contributed by atoms with Crippen molar-refractivity contribution in [3.05, 3.63) is 59.9 Å². The van der Waals surface area contributed by atoms with Crippen LogP contribution in [-0.2, 0) is 11.2 Å². The predicted octanol–water partition coefficient (Wildman–Crippen LogP) is 3.00. The molecule has 1 fully saturated rings. The number of methoxy groups -OCH3 is 2. The van der Waals surface area contributed by atoms with Crippen LogP contribution in [0.15, 0.2) is 48.5 Å². The summed E-state index contributed by atoms with van der Waals surface area (Å²) in [4.78, 5) is 34.1. The highest BCUT2D eigenvalue weighted by Crippen LogP contribution is 2.21. The maximum Gasteiger partial charge on any atom is 0.409 e. The van der Waals surface area contributed by atoms with Crippen LogP contribution in [0.3, 0.4) is 0 Å². The number of nitrogens with one attached hydrogen (secondary N) is 3. The summed E-state index contributed by atoms with van der Waals surface area (Å²) < 4.78 is 9.99. The molecule has 9 nitrogen and oxygen atoms in total. The summed E-state index contributed by atoms with van der Waals surface area (Å²) in [6, 6.07) is 14.7. The monoisotopic (exact) mass is 437 g/mol. The van der Waals surface area contributed by atoms with Crippen molar-refractivity contribution in [2.24, 2.45) is 0 Å². The molecule has 1 aromatic heterocycles. The highest BCUT2D eigenvalue weighted by atomic mass is 16.5. The number of H-pyrrole nitrogens is 1. The molecular formula is C23H27N5O4. The van der Waals surface area contributed by atoms with Crippen molar-refractivity contribution in [3.63, 3.8) is 0 Å². The fraction of sp³-hybridized carbons (Fsp3) is 0.348. The number of hydrogen-bond acceptors (Lipinski definition) is 5. The van der Waals surface area contributed by atoms with E-state index in [9.17, 15) is 9.59 Å². The smallest absolute Gasteiger partial charge is 0.409 e. The standard InChI is InChI=1S/C23H27N5O4/c1-31-17-9-7-15(8-10-17)13-20(21-25-18-5-3-4-6-19(18)26-21)27-22(29)24-16-11-12-28(14-16)23(30)32-2/h3-10,16,20H,11-14H2,1-2H3,(H,25,26)(H2,24,27,29)/t16?,20-/m1/s1. The van der Waals surface area contributed by atoms with Crippen molar-refractivity contribution in [1.29, 1.82) is 0 Å². The van der Waals surface area contributed by atoms with Crippen LogP contribution < -0.4 is 15.4 Å². The second-order valence-corrected chi connectivity index (χ2v) is 7.76. The molecule has 4 rings (SSSR count). The van der Waals surface area contributed by atoms with Crippen LogP contribution in [-0.4, -0.2) is 60.3 Å². The van der Waals surface area contributed by atoms with Gasteiger partial charge in [-0.15, -0.1) is 0 Å². The molecule has 0 aliphatic carbocycles. The topological polar surface area (TPSA) is 109 Å². The number of benzene rings is 2. The van der Waals surface area contributed by atoms with Gasteiger partial charge in [-0.1, -0.05) is 24.3 Å². The van der Waals surface area contributed by atoms with Crippen molar-refractivity contribution < 1.29 is 19.1 Å². The van der Waals surface area contributed by atoms with Gasteiger partial charge in [0.25, 0.3) is 0 Å². The normalized spacial score (nSPS) is 16.6. The van der Waals surface area contributed by atoms with Gasteiger partial charge in [0.2, 0.25) is 0 Å². The Kier molecular flexibility index (Phi) is 6.44. The lowest BCUT2D eigenvalue weighted by Crippen LogP contribution is -2.45. The van der Waals surface area contributed by atoms with Crippen LogP contribution in [0.4, 0.5) is 9.59 Å². The molecule has 2 heterocycles. The van der Waals surface area contributed by atoms with Crippen molar-refractivity contribution in [1.82, 2.24) is 25.5 Å². The molecule has 0 bridgehead atoms. The number of carbonyl (C=O) groups is 2. The molecule has 0 radical (unpaired) electrons. The van der Waals surface area contributed by atoms with E-state index in [1.165, 1.54) is 7.11 Å². The summed E-state index contributed by atoms with van der Waals surface area (Å²) in [5, 5.41) is 6.01. The quantitative estimate of drug-likeness (QED) is 0.549. The maximum absolute atomic E-state index is 12.8. The zero-order valence-corrected chi connectivity index (χ0v) is 18.1. The number of ether oxygens (including phenoxy) is 2. The minimum Gasteiger partial charge on any atom is -0.497 e. The number of carbonyl (C=O) groups excluding carboxylic acids is 2. The van der Waals surface area contributed by atoms with Gasteiger partial charge in [0, 0.05) is 19.1 Å². The fourth-order valence-electron chi connectivity index (χ4n) is 3.91. The largest absolute Gasteiger partial charge is 0.497 e. The van der Waals surface area contributed by atoms with E-state index in [4.69, 9.17) is 9.47 Å². The van der Waals surface area contributed by atoms with Crippen LogP contribution in [0.2, 0.25) is 0 Å². The van der Waals surface area contributed by atoms with E-state index in [0.29, 0.717) is 31.8 Å². The molecule has 2 atom stereocenters. The Morgan fingerprint density at radius 3 is 2.69 bits per heavy atom. The lowest BCUT2D eigenvalue weighted by atomic mass is 10.1. The third-order valence-electron chi connectivity index (χ3n) is 5.60. The molecule has 1 unspecified atom stereocenters. The number of fused-ring (bicyclic) bond motifs is 1. The fourth-order valence-corrected chi connectivity index (χ4v) is 3.91. The van der Waals surface area contributed by atoms with E-state index in [2.05, 4.69) is 20.6 Å². The predicted molar refractivity (Wildman–Crippen MR) is 120 cm³/mol. The zero-order chi connectivity index (χ0) is 22.5. The number of aromatic nitrogens is 2. The summed E-state index contributed by atoms with van der Waals surface area (Å²) in [6.07, 6.45) is 0.848. The van der Waals surface area contributed by atoms with Gasteiger partial charge in [-0.2, -0.15) is 0 Å².